The van der Waals surface area contributed by atoms with Crippen molar-refractivity contribution >= 4 is 22.7 Å². The van der Waals surface area contributed by atoms with Crippen molar-refractivity contribution in [2.24, 2.45) is 0 Å². The number of hydrogen-bond acceptors (Lipinski definition) is 6. The zero-order valence-corrected chi connectivity index (χ0v) is 15.5. The Hall–Kier alpha value is -3.48. The number of fused-ring (bicyclic) bond motifs is 1. The average molecular weight is 360 g/mol. The van der Waals surface area contributed by atoms with Crippen LogP contribution in [0.15, 0.2) is 48.5 Å². The van der Waals surface area contributed by atoms with Crippen molar-refractivity contribution in [2.45, 2.75) is 20.4 Å². The molecule has 0 atom stereocenters. The van der Waals surface area contributed by atoms with Gasteiger partial charge in [0.05, 0.1) is 13.7 Å². The molecular weight excluding hydrogens is 340 g/mol. The summed E-state index contributed by atoms with van der Waals surface area (Å²) >= 11 is 0. The molecule has 7 nitrogen and oxygen atoms in total. The molecule has 1 N–H and O–H groups in total. The van der Waals surface area contributed by atoms with Gasteiger partial charge in [0.25, 0.3) is 0 Å². The molecule has 0 aliphatic rings. The minimum Gasteiger partial charge on any atom is -0.497 e. The predicted molar refractivity (Wildman–Crippen MR) is 104 cm³/mol. The highest BCUT2D eigenvalue weighted by molar-refractivity contribution is 5.84. The Morgan fingerprint density at radius 3 is 2.63 bits per heavy atom. The Kier molecular flexibility index (Phi) is 4.42. The molecule has 0 radical (unpaired) electrons. The lowest BCUT2D eigenvalue weighted by Crippen LogP contribution is -2.05. The van der Waals surface area contributed by atoms with Crippen LogP contribution < -0.4 is 10.1 Å². The van der Waals surface area contributed by atoms with Crippen LogP contribution in [0.1, 0.15) is 17.0 Å². The van der Waals surface area contributed by atoms with E-state index in [-0.39, 0.29) is 0 Å². The second-order valence-electron chi connectivity index (χ2n) is 6.38. The van der Waals surface area contributed by atoms with Gasteiger partial charge in [0, 0.05) is 11.8 Å². The van der Waals surface area contributed by atoms with Crippen LogP contribution in [0, 0.1) is 13.8 Å². The summed E-state index contributed by atoms with van der Waals surface area (Å²) in [4.78, 5) is 9.05. The fraction of sp³-hybridized carbons (Fsp3) is 0.200. The van der Waals surface area contributed by atoms with Crippen molar-refractivity contribution < 1.29 is 4.74 Å². The van der Waals surface area contributed by atoms with E-state index in [9.17, 15) is 0 Å². The fourth-order valence-electron chi connectivity index (χ4n) is 2.86. The molecule has 4 rings (SSSR count). The zero-order chi connectivity index (χ0) is 18.8. The smallest absolute Gasteiger partial charge is 0.184 e. The van der Waals surface area contributed by atoms with Crippen LogP contribution in [0.5, 0.6) is 5.75 Å². The van der Waals surface area contributed by atoms with E-state index in [1.54, 1.807) is 11.8 Å². The molecule has 4 aromatic rings. The van der Waals surface area contributed by atoms with Crippen LogP contribution >= 0.6 is 0 Å². The third kappa shape index (κ3) is 3.57. The largest absolute Gasteiger partial charge is 0.497 e. The van der Waals surface area contributed by atoms with Crippen LogP contribution in [0.4, 0.5) is 11.5 Å². The molecule has 2 aromatic heterocycles. The first-order chi connectivity index (χ1) is 13.1. The summed E-state index contributed by atoms with van der Waals surface area (Å²) in [6.07, 6.45) is 0. The highest BCUT2D eigenvalue weighted by atomic mass is 16.5. The number of nitrogens with zero attached hydrogens (tertiary/aromatic N) is 5. The first-order valence-electron chi connectivity index (χ1n) is 8.67. The number of rotatable bonds is 5. The van der Waals surface area contributed by atoms with E-state index in [1.165, 1.54) is 5.56 Å². The molecule has 0 unspecified atom stereocenters. The maximum Gasteiger partial charge on any atom is 0.184 e. The zero-order valence-electron chi connectivity index (χ0n) is 15.5. The first kappa shape index (κ1) is 17.0. The van der Waals surface area contributed by atoms with Gasteiger partial charge in [-0.05, 0) is 31.5 Å². The summed E-state index contributed by atoms with van der Waals surface area (Å²) in [5.41, 5.74) is 4.57. The Morgan fingerprint density at radius 2 is 1.85 bits per heavy atom. The van der Waals surface area contributed by atoms with Gasteiger partial charge in [-0.3, -0.25) is 0 Å². The van der Waals surface area contributed by atoms with Gasteiger partial charge in [-0.2, -0.15) is 0 Å². The van der Waals surface area contributed by atoms with Crippen molar-refractivity contribution in [3.8, 4) is 5.75 Å². The van der Waals surface area contributed by atoms with Crippen molar-refractivity contribution in [3.63, 3.8) is 0 Å². The third-order valence-corrected chi connectivity index (χ3v) is 4.26. The monoisotopic (exact) mass is 360 g/mol. The lowest BCUT2D eigenvalue weighted by molar-refractivity contribution is 0.415. The van der Waals surface area contributed by atoms with E-state index >= 15 is 0 Å². The maximum absolute atomic E-state index is 5.28. The third-order valence-electron chi connectivity index (χ3n) is 4.26. The van der Waals surface area contributed by atoms with E-state index in [2.05, 4.69) is 56.8 Å². The number of ether oxygens (including phenoxy) is 1. The Bertz CT molecular complexity index is 1090. The number of anilines is 2. The van der Waals surface area contributed by atoms with Crippen LogP contribution in [0.25, 0.3) is 11.2 Å². The van der Waals surface area contributed by atoms with E-state index in [0.717, 1.165) is 17.0 Å². The number of methoxy groups -OCH3 is 1. The molecule has 0 saturated carbocycles. The number of benzene rings is 2. The molecule has 136 valence electrons. The van der Waals surface area contributed by atoms with Gasteiger partial charge in [0.1, 0.15) is 11.6 Å². The topological polar surface area (TPSA) is 77.8 Å². The molecule has 0 amide bonds. The fourth-order valence-corrected chi connectivity index (χ4v) is 2.86. The number of hydrogen-bond donors (Lipinski definition) is 1. The minimum atomic E-state index is 0.603. The lowest BCUT2D eigenvalue weighted by Gasteiger charge is -2.09. The number of nitrogens with one attached hydrogen (secondary N) is 1. The molecular formula is C20H20N6O. The second-order valence-corrected chi connectivity index (χ2v) is 6.38. The molecule has 7 heteroatoms. The molecule has 0 fully saturated rings. The summed E-state index contributed by atoms with van der Waals surface area (Å²) in [5, 5.41) is 11.9. The second kappa shape index (κ2) is 7.03. The minimum absolute atomic E-state index is 0.603. The molecule has 0 aliphatic carbocycles. The van der Waals surface area contributed by atoms with Gasteiger partial charge in [0.2, 0.25) is 0 Å². The average Bonchev–Trinajstić information content (AvgIpc) is 3.06. The highest BCUT2D eigenvalue weighted by Crippen LogP contribution is 2.24. The molecule has 0 spiro atoms. The number of aryl methyl sites for hydroxylation is 2. The number of aromatic nitrogens is 5. The quantitative estimate of drug-likeness (QED) is 0.585. The lowest BCUT2D eigenvalue weighted by atomic mass is 10.1. The van der Waals surface area contributed by atoms with Gasteiger partial charge in [0.15, 0.2) is 17.0 Å². The van der Waals surface area contributed by atoms with Gasteiger partial charge < -0.3 is 10.1 Å². The van der Waals surface area contributed by atoms with Gasteiger partial charge in [-0.25, -0.2) is 14.6 Å². The Morgan fingerprint density at radius 1 is 1.04 bits per heavy atom. The summed E-state index contributed by atoms with van der Waals surface area (Å²) in [6, 6.07) is 16.0. The Balaban J connectivity index is 1.70. The van der Waals surface area contributed by atoms with Gasteiger partial charge in [-0.1, -0.05) is 41.1 Å². The predicted octanol–water partition coefficient (Wildman–Crippen LogP) is 3.64. The van der Waals surface area contributed by atoms with Crippen LogP contribution in [-0.2, 0) is 6.54 Å². The van der Waals surface area contributed by atoms with Crippen molar-refractivity contribution in [1.82, 2.24) is 25.0 Å². The highest BCUT2D eigenvalue weighted by Gasteiger charge is 2.14. The molecule has 0 bridgehead atoms. The van der Waals surface area contributed by atoms with E-state index < -0.39 is 0 Å². The van der Waals surface area contributed by atoms with Gasteiger partial charge in [-0.15, -0.1) is 5.10 Å². The van der Waals surface area contributed by atoms with E-state index in [0.29, 0.717) is 29.4 Å². The summed E-state index contributed by atoms with van der Waals surface area (Å²) in [5.74, 6) is 2.05. The molecule has 27 heavy (non-hydrogen) atoms. The summed E-state index contributed by atoms with van der Waals surface area (Å²) < 4.78 is 7.07. The SMILES string of the molecule is COc1cccc(Nc2nc(C)nc3c2nnn3Cc2ccc(C)cc2)c1. The van der Waals surface area contributed by atoms with E-state index in [1.807, 2.05) is 31.2 Å². The van der Waals surface area contributed by atoms with Crippen molar-refractivity contribution in [2.75, 3.05) is 12.4 Å². The molecule has 0 aliphatic heterocycles. The Labute approximate surface area is 157 Å². The standard InChI is InChI=1S/C20H20N6O/c1-13-7-9-15(10-8-13)12-26-20-18(24-25-26)19(21-14(2)22-20)23-16-5-4-6-17(11-16)27-3/h4-11H,12H2,1-3H3,(H,21,22,23). The maximum atomic E-state index is 5.28. The molecule has 2 aromatic carbocycles. The molecule has 2 heterocycles. The first-order valence-corrected chi connectivity index (χ1v) is 8.67. The van der Waals surface area contributed by atoms with E-state index in [4.69, 9.17) is 4.74 Å². The normalized spacial score (nSPS) is 10.9. The van der Waals surface area contributed by atoms with Crippen LogP contribution in [0.3, 0.4) is 0 Å². The van der Waals surface area contributed by atoms with Crippen LogP contribution in [0.2, 0.25) is 0 Å². The molecule has 0 saturated heterocycles. The van der Waals surface area contributed by atoms with Crippen molar-refractivity contribution in [3.05, 3.63) is 65.5 Å². The van der Waals surface area contributed by atoms with Gasteiger partial charge >= 0.3 is 0 Å². The van der Waals surface area contributed by atoms with Crippen LogP contribution in [-0.4, -0.2) is 32.1 Å². The summed E-state index contributed by atoms with van der Waals surface area (Å²) in [6.45, 7) is 4.53. The summed E-state index contributed by atoms with van der Waals surface area (Å²) in [7, 11) is 1.64. The van der Waals surface area contributed by atoms with Crippen molar-refractivity contribution in [1.29, 1.82) is 0 Å².